The first-order chi connectivity index (χ1) is 37.4. The van der Waals surface area contributed by atoms with E-state index in [9.17, 15) is 15.0 Å². The van der Waals surface area contributed by atoms with Crippen LogP contribution in [-0.4, -0.2) is 109 Å². The fraction of sp³-hybridized carbons (Fsp3) is 0.393. The summed E-state index contributed by atoms with van der Waals surface area (Å²) in [5.74, 6) is 1.36. The van der Waals surface area contributed by atoms with Crippen LogP contribution < -0.4 is 25.2 Å². The van der Waals surface area contributed by atoms with Crippen molar-refractivity contribution in [3.63, 3.8) is 0 Å². The first-order valence-corrected chi connectivity index (χ1v) is 26.7. The van der Waals surface area contributed by atoms with Crippen LogP contribution in [0.4, 0.5) is 21.9 Å². The number of ether oxygens (including phenoxy) is 4. The van der Waals surface area contributed by atoms with Gasteiger partial charge in [0, 0.05) is 35.6 Å². The highest BCUT2D eigenvalue weighted by molar-refractivity contribution is 6.25. The molecule has 5 aromatic rings. The topological polar surface area (TPSA) is 197 Å². The number of hydrogen-bond donors (Lipinski definition) is 4. The number of aliphatic hydroxyl groups excluding tert-OH is 1. The molecule has 4 fully saturated rings. The van der Waals surface area contributed by atoms with E-state index in [2.05, 4.69) is 27.4 Å². The van der Waals surface area contributed by atoms with Crippen molar-refractivity contribution >= 4 is 46.8 Å². The van der Waals surface area contributed by atoms with E-state index >= 15 is 19.2 Å². The van der Waals surface area contributed by atoms with Gasteiger partial charge in [-0.15, -0.1) is 0 Å². The van der Waals surface area contributed by atoms with Crippen LogP contribution in [0.3, 0.4) is 0 Å². The minimum Gasteiger partial charge on any atom is -0.491 e. The third-order valence-electron chi connectivity index (χ3n) is 15.8. The molecule has 0 aromatic heterocycles. The highest BCUT2D eigenvalue weighted by Gasteiger charge is 2.76. The monoisotopic (exact) mass is 1040 g/mol. The van der Waals surface area contributed by atoms with Gasteiger partial charge in [-0.3, -0.25) is 19.3 Å². The highest BCUT2D eigenvalue weighted by Crippen LogP contribution is 2.67. The summed E-state index contributed by atoms with van der Waals surface area (Å²) in [4.78, 5) is 82.7. The minimum absolute atomic E-state index is 0.0779. The van der Waals surface area contributed by atoms with E-state index in [-0.39, 0.29) is 30.2 Å². The molecule has 0 bridgehead atoms. The van der Waals surface area contributed by atoms with Gasteiger partial charge in [-0.05, 0) is 96.8 Å². The molecule has 16 heteroatoms. The average Bonchev–Trinajstić information content (AvgIpc) is 2.93. The van der Waals surface area contributed by atoms with Crippen LogP contribution >= 0.6 is 0 Å². The van der Waals surface area contributed by atoms with E-state index in [0.717, 1.165) is 36.3 Å². The Labute approximate surface area is 448 Å². The SMILES string of the molecule is COC(=O)[C@@H](NC(=O)N1C(=O)[C@@]2(c3cc(C#CC4(O)CCCCCC4)ccc31)[C@H](C(=O)Nc1ccc(N3CCOCC3)cc1)[C@H]1C(=O)O[C@H](c3ccccc3)[C@H](c3ccccc3)N1[C@@H]2c1ccccc1OCCO)C(C)C. The van der Waals surface area contributed by atoms with Crippen molar-refractivity contribution in [2.24, 2.45) is 11.8 Å². The van der Waals surface area contributed by atoms with Gasteiger partial charge in [0.05, 0.1) is 50.6 Å². The maximum atomic E-state index is 17.0. The van der Waals surface area contributed by atoms with Gasteiger partial charge in [-0.2, -0.15) is 0 Å². The van der Waals surface area contributed by atoms with Crippen molar-refractivity contribution in [1.82, 2.24) is 10.2 Å². The lowest BCUT2D eigenvalue weighted by Gasteiger charge is -2.46. The summed E-state index contributed by atoms with van der Waals surface area (Å²) in [5.41, 5.74) is 0.147. The van der Waals surface area contributed by atoms with E-state index in [1.165, 1.54) is 7.11 Å². The van der Waals surface area contributed by atoms with Crippen molar-refractivity contribution in [3.05, 3.63) is 155 Å². The average molecular weight is 1040 g/mol. The quantitative estimate of drug-likeness (QED) is 0.0544. The Morgan fingerprint density at radius 1 is 0.818 bits per heavy atom. The van der Waals surface area contributed by atoms with Crippen LogP contribution in [-0.2, 0) is 38.8 Å². The Kier molecular flexibility index (Phi) is 15.5. The van der Waals surface area contributed by atoms with Crippen molar-refractivity contribution in [3.8, 4) is 17.6 Å². The number of morpholine rings is 2. The smallest absolute Gasteiger partial charge is 0.329 e. The Morgan fingerprint density at radius 2 is 1.48 bits per heavy atom. The number of imide groups is 1. The first-order valence-electron chi connectivity index (χ1n) is 26.7. The van der Waals surface area contributed by atoms with Crippen LogP contribution in [0.1, 0.15) is 98.4 Å². The summed E-state index contributed by atoms with van der Waals surface area (Å²) in [6.07, 6.45) is 3.49. The summed E-state index contributed by atoms with van der Waals surface area (Å²) in [5, 5.41) is 28.0. The molecule has 0 unspecified atom stereocenters. The minimum atomic E-state index is -2.22. The molecule has 5 aromatic carbocycles. The van der Waals surface area contributed by atoms with Gasteiger partial charge in [0.1, 0.15) is 41.6 Å². The molecule has 1 spiro atoms. The molecular formula is C61H65N5O11. The van der Waals surface area contributed by atoms with Crippen molar-refractivity contribution in [1.29, 1.82) is 0 Å². The van der Waals surface area contributed by atoms with Gasteiger partial charge < -0.3 is 44.7 Å². The van der Waals surface area contributed by atoms with Crippen molar-refractivity contribution in [2.45, 2.75) is 93.7 Å². The van der Waals surface area contributed by atoms with Crippen LogP contribution in [0.5, 0.6) is 5.75 Å². The molecule has 7 atom stereocenters. The second-order valence-corrected chi connectivity index (χ2v) is 20.8. The molecule has 1 aliphatic carbocycles. The Morgan fingerprint density at radius 3 is 2.14 bits per heavy atom. The molecular weight excluding hydrogens is 979 g/mol. The van der Waals surface area contributed by atoms with Gasteiger partial charge in [-0.1, -0.05) is 117 Å². The van der Waals surface area contributed by atoms with Gasteiger partial charge in [0.2, 0.25) is 11.8 Å². The molecule has 1 saturated carbocycles. The fourth-order valence-electron chi connectivity index (χ4n) is 12.2. The number of para-hydroxylation sites is 1. The Bertz CT molecular complexity index is 3040. The maximum Gasteiger partial charge on any atom is 0.329 e. The fourth-order valence-corrected chi connectivity index (χ4v) is 12.2. The largest absolute Gasteiger partial charge is 0.491 e. The first kappa shape index (κ1) is 52.9. The van der Waals surface area contributed by atoms with Crippen molar-refractivity contribution < 1.29 is 53.1 Å². The molecule has 4 N–H and O–H groups in total. The van der Waals surface area contributed by atoms with E-state index in [1.54, 1.807) is 68.4 Å². The summed E-state index contributed by atoms with van der Waals surface area (Å²) in [6, 6.07) is 32.0. The number of benzene rings is 5. The number of rotatable bonds is 12. The van der Waals surface area contributed by atoms with E-state index in [0.29, 0.717) is 67.1 Å². The normalized spacial score (nSPS) is 24.2. The Hall–Kier alpha value is -7.55. The highest BCUT2D eigenvalue weighted by atomic mass is 16.6. The second-order valence-electron chi connectivity index (χ2n) is 20.8. The molecule has 400 valence electrons. The van der Waals surface area contributed by atoms with Gasteiger partial charge in [0.15, 0.2) is 0 Å². The number of amides is 4. The molecule has 0 radical (unpaired) electrons. The number of esters is 2. The number of cyclic esters (lactones) is 1. The number of aliphatic hydroxyl groups is 2. The third kappa shape index (κ3) is 10.0. The molecule has 16 nitrogen and oxygen atoms in total. The molecule has 4 heterocycles. The summed E-state index contributed by atoms with van der Waals surface area (Å²) in [7, 11) is 1.21. The van der Waals surface area contributed by atoms with Gasteiger partial charge in [0.25, 0.3) is 0 Å². The molecule has 10 rings (SSSR count). The number of anilines is 3. The van der Waals surface area contributed by atoms with Crippen LogP contribution in [0.25, 0.3) is 0 Å². The van der Waals surface area contributed by atoms with E-state index in [1.807, 2.05) is 77.7 Å². The zero-order chi connectivity index (χ0) is 53.8. The van der Waals surface area contributed by atoms with Gasteiger partial charge in [-0.25, -0.2) is 14.5 Å². The number of carbonyl (C=O) groups excluding carboxylic acids is 5. The summed E-state index contributed by atoms with van der Waals surface area (Å²) in [6.45, 7) is 5.47. The number of hydrogen-bond acceptors (Lipinski definition) is 13. The number of methoxy groups -OCH3 is 1. The summed E-state index contributed by atoms with van der Waals surface area (Å²) >= 11 is 0. The van der Waals surface area contributed by atoms with Crippen LogP contribution in [0, 0.1) is 23.7 Å². The summed E-state index contributed by atoms with van der Waals surface area (Å²) < 4.78 is 23.8. The molecule has 5 aliphatic rings. The molecule has 77 heavy (non-hydrogen) atoms. The van der Waals surface area contributed by atoms with Crippen LogP contribution in [0.2, 0.25) is 0 Å². The van der Waals surface area contributed by atoms with Crippen LogP contribution in [0.15, 0.2) is 127 Å². The number of nitrogens with zero attached hydrogens (tertiary/aromatic N) is 3. The number of carbonyl (C=O) groups is 5. The predicted octanol–water partition coefficient (Wildman–Crippen LogP) is 7.54. The van der Waals surface area contributed by atoms with Crippen molar-refractivity contribution in [2.75, 3.05) is 61.7 Å². The molecule has 4 amide bonds. The lowest BCUT2D eigenvalue weighted by atomic mass is 9.65. The third-order valence-corrected chi connectivity index (χ3v) is 15.8. The predicted molar refractivity (Wildman–Crippen MR) is 288 cm³/mol. The molecule has 4 aliphatic heterocycles. The Balaban J connectivity index is 1.26. The zero-order valence-electron chi connectivity index (χ0n) is 43.6. The second kappa shape index (κ2) is 22.6. The number of urea groups is 1. The maximum absolute atomic E-state index is 17.0. The lowest BCUT2D eigenvalue weighted by molar-refractivity contribution is -0.178. The zero-order valence-corrected chi connectivity index (χ0v) is 43.6. The van der Waals surface area contributed by atoms with Gasteiger partial charge >= 0.3 is 18.0 Å². The van der Waals surface area contributed by atoms with E-state index < -0.39 is 82.9 Å². The number of nitrogens with one attached hydrogen (secondary N) is 2. The number of fused-ring (bicyclic) bond motifs is 3. The standard InChI is InChI=1S/C61H65N5O11/c1-39(2)50(56(69)74-3)63-59(72)65-47-27-22-40(28-31-60(73)29-14-4-5-15-30-60)38-46(47)61(58(65)71)49(55(68)62-43-23-25-44(26-24-43)64-32-35-75-36-33-64)52-57(70)77-53(42-18-10-7-11-19-42)51(41-16-8-6-9-17-41)66(52)54(61)45-20-12-13-21-48(45)76-37-34-67/h6-13,16-27,38-39,49-54,67,73H,4-5,14-15,29-30,32-37H2,1-3H3,(H,62,68)(H,63,72)/t49-,50-,51-,52-,53+,54+,61-/m0/s1. The van der Waals surface area contributed by atoms with E-state index in [4.69, 9.17) is 18.9 Å². The lowest BCUT2D eigenvalue weighted by Crippen LogP contribution is -2.57. The molecule has 3 saturated heterocycles.